The predicted octanol–water partition coefficient (Wildman–Crippen LogP) is 1.13. The smallest absolute Gasteiger partial charge is 0.331 e. The van der Waals surface area contributed by atoms with Gasteiger partial charge in [-0.15, -0.1) is 0 Å². The summed E-state index contributed by atoms with van der Waals surface area (Å²) >= 11 is 0. The van der Waals surface area contributed by atoms with Gasteiger partial charge in [0.2, 0.25) is 0 Å². The first-order valence-electron chi connectivity index (χ1n) is 4.04. The van der Waals surface area contributed by atoms with E-state index < -0.39 is 23.3 Å². The van der Waals surface area contributed by atoms with Crippen LogP contribution in [-0.4, -0.2) is 22.2 Å². The van der Waals surface area contributed by atoms with Gasteiger partial charge in [-0.1, -0.05) is 19.9 Å². The van der Waals surface area contributed by atoms with Gasteiger partial charge < -0.3 is 10.2 Å². The molecule has 0 heterocycles. The highest BCUT2D eigenvalue weighted by Gasteiger charge is 2.44. The van der Waals surface area contributed by atoms with Crippen LogP contribution >= 0.6 is 0 Å². The van der Waals surface area contributed by atoms with Gasteiger partial charge in [-0.05, 0) is 6.42 Å². The van der Waals surface area contributed by atoms with Gasteiger partial charge >= 0.3 is 11.9 Å². The standard InChI is InChI=1S/C9H12O4/c1-9(2)5(7(10)11)3-4-6(9)8(12)13/h3,6H,4H2,1-2H3,(H,10,11)(H,12,13). The molecule has 1 atom stereocenters. The van der Waals surface area contributed by atoms with E-state index in [1.165, 1.54) is 6.08 Å². The van der Waals surface area contributed by atoms with Crippen molar-refractivity contribution in [1.82, 2.24) is 0 Å². The van der Waals surface area contributed by atoms with Gasteiger partial charge in [0.25, 0.3) is 0 Å². The van der Waals surface area contributed by atoms with Crippen LogP contribution < -0.4 is 0 Å². The minimum atomic E-state index is -1.02. The molecule has 0 fully saturated rings. The van der Waals surface area contributed by atoms with Crippen LogP contribution in [0.1, 0.15) is 20.3 Å². The zero-order valence-corrected chi connectivity index (χ0v) is 7.57. The average Bonchev–Trinajstić information content (AvgIpc) is 2.24. The van der Waals surface area contributed by atoms with Gasteiger partial charge in [-0.3, -0.25) is 4.79 Å². The molecule has 0 aliphatic heterocycles. The second-order valence-corrected chi connectivity index (χ2v) is 3.77. The van der Waals surface area contributed by atoms with Crippen molar-refractivity contribution >= 4 is 11.9 Å². The molecule has 0 aromatic heterocycles. The van der Waals surface area contributed by atoms with E-state index >= 15 is 0 Å². The molecule has 1 aliphatic carbocycles. The first-order valence-corrected chi connectivity index (χ1v) is 4.04. The molecule has 4 nitrogen and oxygen atoms in total. The first kappa shape index (κ1) is 9.77. The van der Waals surface area contributed by atoms with Crippen LogP contribution in [0.15, 0.2) is 11.6 Å². The van der Waals surface area contributed by atoms with Crippen molar-refractivity contribution in [2.24, 2.45) is 11.3 Å². The van der Waals surface area contributed by atoms with E-state index in [0.29, 0.717) is 6.42 Å². The second kappa shape index (κ2) is 2.87. The molecule has 0 amide bonds. The van der Waals surface area contributed by atoms with E-state index in [2.05, 4.69) is 0 Å². The predicted molar refractivity (Wildman–Crippen MR) is 45.2 cm³/mol. The van der Waals surface area contributed by atoms with Gasteiger partial charge in [0, 0.05) is 11.0 Å². The second-order valence-electron chi connectivity index (χ2n) is 3.77. The fourth-order valence-electron chi connectivity index (χ4n) is 1.75. The Hall–Kier alpha value is -1.32. The molecule has 72 valence electrons. The van der Waals surface area contributed by atoms with Crippen LogP contribution in [0.5, 0.6) is 0 Å². The van der Waals surface area contributed by atoms with Crippen molar-refractivity contribution in [3.05, 3.63) is 11.6 Å². The van der Waals surface area contributed by atoms with Gasteiger partial charge in [0.15, 0.2) is 0 Å². The summed E-state index contributed by atoms with van der Waals surface area (Å²) in [5.41, 5.74) is -0.558. The SMILES string of the molecule is CC1(C)C(C(=O)O)=CCC1C(=O)O. The molecule has 0 aromatic carbocycles. The highest BCUT2D eigenvalue weighted by Crippen LogP contribution is 2.43. The molecule has 0 radical (unpaired) electrons. The molecule has 0 spiro atoms. The molecule has 13 heavy (non-hydrogen) atoms. The van der Waals surface area contributed by atoms with E-state index in [0.717, 1.165) is 0 Å². The van der Waals surface area contributed by atoms with E-state index in [9.17, 15) is 9.59 Å². The Balaban J connectivity index is 2.97. The molecule has 1 rings (SSSR count). The monoisotopic (exact) mass is 184 g/mol. The molecule has 1 aliphatic rings. The third-order valence-electron chi connectivity index (χ3n) is 2.65. The molecular formula is C9H12O4. The Morgan fingerprint density at radius 3 is 2.23 bits per heavy atom. The largest absolute Gasteiger partial charge is 0.481 e. The number of hydrogen-bond donors (Lipinski definition) is 2. The minimum absolute atomic E-state index is 0.208. The lowest BCUT2D eigenvalue weighted by Gasteiger charge is -2.25. The lowest BCUT2D eigenvalue weighted by atomic mass is 9.77. The number of allylic oxidation sites excluding steroid dienone is 1. The Morgan fingerprint density at radius 2 is 2.00 bits per heavy atom. The summed E-state index contributed by atoms with van der Waals surface area (Å²) in [5, 5.41) is 17.6. The van der Waals surface area contributed by atoms with Crippen LogP contribution in [0.3, 0.4) is 0 Å². The molecule has 0 saturated heterocycles. The van der Waals surface area contributed by atoms with E-state index in [1.807, 2.05) is 0 Å². The topological polar surface area (TPSA) is 74.6 Å². The van der Waals surface area contributed by atoms with Crippen LogP contribution in [-0.2, 0) is 9.59 Å². The highest BCUT2D eigenvalue weighted by molar-refractivity contribution is 5.91. The zero-order chi connectivity index (χ0) is 10.2. The molecule has 0 bridgehead atoms. The van der Waals surface area contributed by atoms with Gasteiger partial charge in [-0.25, -0.2) is 4.79 Å². The Morgan fingerprint density at radius 1 is 1.46 bits per heavy atom. The van der Waals surface area contributed by atoms with Crippen LogP contribution in [0.4, 0.5) is 0 Å². The molecule has 0 aromatic rings. The number of aliphatic carboxylic acids is 2. The van der Waals surface area contributed by atoms with Crippen molar-refractivity contribution in [2.45, 2.75) is 20.3 Å². The molecule has 4 heteroatoms. The Bertz CT molecular complexity index is 288. The molecular weight excluding hydrogens is 172 g/mol. The fraction of sp³-hybridized carbons (Fsp3) is 0.556. The number of carboxylic acids is 2. The van der Waals surface area contributed by atoms with E-state index in [4.69, 9.17) is 10.2 Å². The van der Waals surface area contributed by atoms with Crippen molar-refractivity contribution in [1.29, 1.82) is 0 Å². The first-order chi connectivity index (χ1) is 5.87. The maximum absolute atomic E-state index is 10.8. The summed E-state index contributed by atoms with van der Waals surface area (Å²) in [7, 11) is 0. The molecule has 0 saturated carbocycles. The van der Waals surface area contributed by atoms with Gasteiger partial charge in [-0.2, -0.15) is 0 Å². The van der Waals surface area contributed by atoms with E-state index in [-0.39, 0.29) is 5.57 Å². The maximum Gasteiger partial charge on any atom is 0.331 e. The average molecular weight is 184 g/mol. The van der Waals surface area contributed by atoms with Crippen molar-refractivity contribution in [3.8, 4) is 0 Å². The Kier molecular flexibility index (Phi) is 2.15. The summed E-state index contributed by atoms with van der Waals surface area (Å²) in [6, 6.07) is 0. The molecule has 1 unspecified atom stereocenters. The zero-order valence-electron chi connectivity index (χ0n) is 7.57. The number of carboxylic acid groups (broad SMARTS) is 2. The number of hydrogen-bond acceptors (Lipinski definition) is 2. The van der Waals surface area contributed by atoms with Crippen molar-refractivity contribution in [2.75, 3.05) is 0 Å². The summed E-state index contributed by atoms with van der Waals surface area (Å²) in [6.07, 6.45) is 1.81. The molecule has 2 N–H and O–H groups in total. The van der Waals surface area contributed by atoms with E-state index in [1.54, 1.807) is 13.8 Å². The quantitative estimate of drug-likeness (QED) is 0.674. The third-order valence-corrected chi connectivity index (χ3v) is 2.65. The van der Waals surface area contributed by atoms with Crippen LogP contribution in [0.2, 0.25) is 0 Å². The summed E-state index contributed by atoms with van der Waals surface area (Å²) in [6.45, 7) is 3.30. The third kappa shape index (κ3) is 1.43. The summed E-state index contributed by atoms with van der Waals surface area (Å²) in [4.78, 5) is 21.5. The van der Waals surface area contributed by atoms with Crippen LogP contribution in [0.25, 0.3) is 0 Å². The van der Waals surface area contributed by atoms with Gasteiger partial charge in [0.1, 0.15) is 0 Å². The number of carbonyl (C=O) groups is 2. The summed E-state index contributed by atoms with van der Waals surface area (Å²) in [5.74, 6) is -2.56. The maximum atomic E-state index is 10.8. The summed E-state index contributed by atoms with van der Waals surface area (Å²) < 4.78 is 0. The van der Waals surface area contributed by atoms with Gasteiger partial charge in [0.05, 0.1) is 5.92 Å². The lowest BCUT2D eigenvalue weighted by molar-refractivity contribution is -0.144. The highest BCUT2D eigenvalue weighted by atomic mass is 16.4. The normalized spacial score (nSPS) is 25.4. The fourth-order valence-corrected chi connectivity index (χ4v) is 1.75. The van der Waals surface area contributed by atoms with Crippen molar-refractivity contribution in [3.63, 3.8) is 0 Å². The minimum Gasteiger partial charge on any atom is -0.481 e. The Labute approximate surface area is 75.9 Å². The lowest BCUT2D eigenvalue weighted by Crippen LogP contribution is -2.30. The number of rotatable bonds is 2. The van der Waals surface area contributed by atoms with Crippen LogP contribution in [0, 0.1) is 11.3 Å². The van der Waals surface area contributed by atoms with Crippen molar-refractivity contribution < 1.29 is 19.8 Å².